The second-order valence-electron chi connectivity index (χ2n) is 18.0. The Morgan fingerprint density at radius 1 is 0.600 bits per heavy atom. The first-order chi connectivity index (χ1) is 35.8. The van der Waals surface area contributed by atoms with Gasteiger partial charge < -0.3 is 45.1 Å². The van der Waals surface area contributed by atoms with E-state index in [9.17, 15) is 49.2 Å². The number of ether oxygens (including phenoxy) is 6. The lowest BCUT2D eigenvalue weighted by molar-refractivity contribution is -0.606. The minimum absolute atomic E-state index is 0.106. The van der Waals surface area contributed by atoms with Crippen molar-refractivity contribution in [3.8, 4) is 23.0 Å². The number of aromatic nitrogens is 1. The lowest BCUT2D eigenvalue weighted by Gasteiger charge is -2.28. The summed E-state index contributed by atoms with van der Waals surface area (Å²) in [7, 11) is -8.71. The molecule has 2 aliphatic carbocycles. The third-order valence-electron chi connectivity index (χ3n) is 12.4. The molecule has 7 rings (SSSR count). The smallest absolute Gasteiger partial charge is 0.387 e. The average molecular weight is 1090 g/mol. The van der Waals surface area contributed by atoms with Crippen LogP contribution in [0.5, 0.6) is 23.0 Å². The zero-order valence-corrected chi connectivity index (χ0v) is 42.4. The first-order valence-electron chi connectivity index (χ1n) is 23.9. The van der Waals surface area contributed by atoms with Gasteiger partial charge in [-0.1, -0.05) is 48.5 Å². The molecule has 0 saturated heterocycles. The molecule has 2 aliphatic rings. The maximum Gasteiger partial charge on any atom is 0.387 e. The van der Waals surface area contributed by atoms with Crippen molar-refractivity contribution in [2.45, 2.75) is 99.7 Å². The van der Waals surface area contributed by atoms with Gasteiger partial charge in [0, 0.05) is 24.0 Å². The number of nitrogens with zero attached hydrogens (tertiary/aromatic N) is 3. The van der Waals surface area contributed by atoms with Crippen LogP contribution in [0.2, 0.25) is 0 Å². The molecule has 4 aromatic carbocycles. The topological polar surface area (TPSA) is 243 Å². The molecular formula is C51H57F4N5O13S2. The molecule has 0 bridgehead atoms. The number of sulfonamides is 2. The Balaban J connectivity index is 1.25. The number of alkyl halides is 4. The molecule has 0 unspecified atom stereocenters. The second-order valence-corrected chi connectivity index (χ2v) is 21.8. The van der Waals surface area contributed by atoms with Gasteiger partial charge in [0.15, 0.2) is 35.4 Å². The molecule has 1 heterocycles. The molecule has 1 aromatic heterocycles. The number of benzene rings is 4. The molecule has 0 radical (unpaired) electrons. The van der Waals surface area contributed by atoms with Crippen molar-refractivity contribution in [1.29, 1.82) is 0 Å². The van der Waals surface area contributed by atoms with E-state index in [-0.39, 0.29) is 92.9 Å². The summed E-state index contributed by atoms with van der Waals surface area (Å²) in [6.45, 7) is -4.86. The van der Waals surface area contributed by atoms with E-state index in [1.54, 1.807) is 12.1 Å². The molecule has 0 amide bonds. The normalized spacial score (nSPS) is 15.6. The molecule has 2 fully saturated rings. The van der Waals surface area contributed by atoms with Crippen LogP contribution in [0.1, 0.15) is 74.0 Å². The van der Waals surface area contributed by atoms with Crippen LogP contribution in [0.15, 0.2) is 125 Å². The van der Waals surface area contributed by atoms with Crippen molar-refractivity contribution < 1.29 is 77.1 Å². The summed E-state index contributed by atoms with van der Waals surface area (Å²) in [5.74, 6) is -2.65. The summed E-state index contributed by atoms with van der Waals surface area (Å²) in [5, 5.41) is 13.6. The monoisotopic (exact) mass is 1090 g/mol. The van der Waals surface area contributed by atoms with E-state index in [0.717, 1.165) is 46.7 Å². The van der Waals surface area contributed by atoms with Gasteiger partial charge in [-0.3, -0.25) is 9.59 Å². The molecule has 18 nitrogen and oxygen atoms in total. The maximum atomic E-state index is 14.2. The van der Waals surface area contributed by atoms with Crippen molar-refractivity contribution in [3.63, 3.8) is 0 Å². The van der Waals surface area contributed by atoms with Crippen LogP contribution in [-0.4, -0.2) is 89.2 Å². The number of carbonyl (C=O) groups is 2. The molecule has 75 heavy (non-hydrogen) atoms. The minimum Gasteiger partial charge on any atom is -0.619 e. The van der Waals surface area contributed by atoms with Crippen LogP contribution >= 0.6 is 0 Å². The number of rotatable bonds is 28. The first-order valence-corrected chi connectivity index (χ1v) is 26.7. The van der Waals surface area contributed by atoms with Gasteiger partial charge in [0.05, 0.1) is 36.3 Å². The summed E-state index contributed by atoms with van der Waals surface area (Å²) in [4.78, 5) is 28.0. The number of carbonyl (C=O) groups excluding carboxylic acids is 2. The van der Waals surface area contributed by atoms with Crippen LogP contribution in [0.3, 0.4) is 0 Å². The highest BCUT2D eigenvalue weighted by atomic mass is 32.2. The Bertz CT molecular complexity index is 2780. The number of nitrogens with two attached hydrogens (primary N) is 2. The standard InChI is InChI=1S/C51H57F4N5O13S2/c1-32(59(30-56)74(64,65)40-9-5-3-6-10-40)48(61)70-44(38-17-19-42(72-50(52)53)46(24-38)68-28-34-13-14-34)22-36-21-37(27-58(63)26-36)23-45(39-18-20-43(73-51(54)55)47(25-39)69-29-35-15-16-35)71-49(62)33(2)60(31-57)75(66,67)41-11-7-4-8-12-41/h3-12,17-21,24-27,32-35,44-45,50-51H,13-16,22-23,28-31,56-57H2,1-2H3/t32-,33-,44-,45-/m0/s1. The summed E-state index contributed by atoms with van der Waals surface area (Å²) >= 11 is 0. The third kappa shape index (κ3) is 14.8. The van der Waals surface area contributed by atoms with Gasteiger partial charge in [0.25, 0.3) is 0 Å². The first kappa shape index (κ1) is 56.2. The Morgan fingerprint density at radius 3 is 1.31 bits per heavy atom. The second kappa shape index (κ2) is 24.8. The lowest BCUT2D eigenvalue weighted by Crippen LogP contribution is -2.47. The Kier molecular flexibility index (Phi) is 18.6. The van der Waals surface area contributed by atoms with E-state index < -0.39 is 82.8 Å². The highest BCUT2D eigenvalue weighted by Crippen LogP contribution is 2.39. The lowest BCUT2D eigenvalue weighted by atomic mass is 9.97. The van der Waals surface area contributed by atoms with E-state index in [1.165, 1.54) is 105 Å². The molecule has 4 N–H and O–H groups in total. The molecule has 404 valence electrons. The van der Waals surface area contributed by atoms with Gasteiger partial charge in [0.2, 0.25) is 20.0 Å². The number of hydrogen-bond donors (Lipinski definition) is 2. The summed E-state index contributed by atoms with van der Waals surface area (Å²) in [5.41, 5.74) is 12.6. The third-order valence-corrected chi connectivity index (χ3v) is 16.3. The van der Waals surface area contributed by atoms with E-state index in [0.29, 0.717) is 4.73 Å². The van der Waals surface area contributed by atoms with E-state index >= 15 is 0 Å². The minimum atomic E-state index is -4.36. The highest BCUT2D eigenvalue weighted by Gasteiger charge is 2.37. The quantitative estimate of drug-likeness (QED) is 0.0173. The fourth-order valence-electron chi connectivity index (χ4n) is 7.93. The zero-order valence-electron chi connectivity index (χ0n) is 40.8. The number of esters is 2. The summed E-state index contributed by atoms with van der Waals surface area (Å²) in [6, 6.07) is 20.7. The Labute approximate surface area is 431 Å². The molecule has 2 saturated carbocycles. The maximum absolute atomic E-state index is 14.2. The van der Waals surface area contributed by atoms with Crippen LogP contribution in [-0.2, 0) is 52.0 Å². The van der Waals surface area contributed by atoms with E-state index in [1.807, 2.05) is 0 Å². The highest BCUT2D eigenvalue weighted by molar-refractivity contribution is 7.89. The van der Waals surface area contributed by atoms with Crippen LogP contribution < -0.4 is 35.1 Å². The summed E-state index contributed by atoms with van der Waals surface area (Å²) in [6.07, 6.45) is 2.32. The van der Waals surface area contributed by atoms with Crippen LogP contribution in [0.4, 0.5) is 17.6 Å². The molecular weight excluding hydrogens is 1030 g/mol. The van der Waals surface area contributed by atoms with Gasteiger partial charge in [0.1, 0.15) is 24.3 Å². The number of halogens is 4. The fourth-order valence-corrected chi connectivity index (χ4v) is 10.9. The van der Waals surface area contributed by atoms with Gasteiger partial charge in [-0.05, 0) is 117 Å². The van der Waals surface area contributed by atoms with Crippen molar-refractivity contribution in [1.82, 2.24) is 8.61 Å². The van der Waals surface area contributed by atoms with Gasteiger partial charge in [-0.2, -0.15) is 30.9 Å². The average Bonchev–Trinajstić information content (AvgIpc) is 4.33. The van der Waals surface area contributed by atoms with Crippen LogP contribution in [0.25, 0.3) is 0 Å². The number of hydrogen-bond acceptors (Lipinski definition) is 15. The Hall–Kier alpha value is -6.57. The predicted octanol–water partition coefficient (Wildman–Crippen LogP) is 6.75. The van der Waals surface area contributed by atoms with Gasteiger partial charge in [-0.15, -0.1) is 0 Å². The molecule has 5 aromatic rings. The molecule has 4 atom stereocenters. The molecule has 0 aliphatic heterocycles. The van der Waals surface area contributed by atoms with E-state index in [4.69, 9.17) is 39.9 Å². The van der Waals surface area contributed by atoms with Crippen LogP contribution in [0, 0.1) is 17.0 Å². The molecule has 0 spiro atoms. The van der Waals surface area contributed by atoms with Crippen molar-refractivity contribution in [2.75, 3.05) is 26.6 Å². The van der Waals surface area contributed by atoms with Gasteiger partial charge >= 0.3 is 25.2 Å². The predicted molar refractivity (Wildman–Crippen MR) is 261 cm³/mol. The van der Waals surface area contributed by atoms with Gasteiger partial charge in [-0.25, -0.2) is 16.8 Å². The molecule has 24 heteroatoms. The SMILES string of the molecule is C[C@@H](C(=O)O[C@@H](Cc1cc(C[C@H](OC(=O)[C@H](C)N(CN)S(=O)(=O)c2ccccc2)c2ccc(OC(F)F)c(OCC3CC3)c2)c[n+]([O-])c1)c1ccc(OC(F)F)c(OCC2CC2)c1)N(CN)S(=O)(=O)c1ccccc1. The van der Waals surface area contributed by atoms with Crippen molar-refractivity contribution in [2.24, 2.45) is 23.3 Å². The summed E-state index contributed by atoms with van der Waals surface area (Å²) < 4.78 is 145. The van der Waals surface area contributed by atoms with Crippen molar-refractivity contribution >= 4 is 32.0 Å². The Morgan fingerprint density at radius 2 is 0.973 bits per heavy atom. The fraction of sp³-hybridized carbons (Fsp3) is 0.392. The van der Waals surface area contributed by atoms with E-state index in [2.05, 4.69) is 0 Å². The zero-order chi connectivity index (χ0) is 54.0. The number of pyridine rings is 1. The van der Waals surface area contributed by atoms with Crippen molar-refractivity contribution in [3.05, 3.63) is 143 Å². The largest absolute Gasteiger partial charge is 0.619 e.